The molecule has 0 N–H and O–H groups in total. The summed E-state index contributed by atoms with van der Waals surface area (Å²) in [5, 5.41) is 0.673. The van der Waals surface area contributed by atoms with Gasteiger partial charge in [-0.25, -0.2) is 4.98 Å². The molecular formula is C22H18BrN3OS. The Morgan fingerprint density at radius 2 is 1.82 bits per heavy atom. The second-order valence-corrected chi connectivity index (χ2v) is 8.46. The van der Waals surface area contributed by atoms with Crippen molar-refractivity contribution in [3.63, 3.8) is 0 Å². The van der Waals surface area contributed by atoms with Crippen LogP contribution < -0.4 is 4.90 Å². The zero-order chi connectivity index (χ0) is 19.7. The van der Waals surface area contributed by atoms with Crippen LogP contribution in [0.5, 0.6) is 0 Å². The fourth-order valence-electron chi connectivity index (χ4n) is 2.94. The van der Waals surface area contributed by atoms with E-state index in [2.05, 4.69) is 46.9 Å². The average molecular weight is 452 g/mol. The van der Waals surface area contributed by atoms with Crippen LogP contribution in [0.4, 0.5) is 5.13 Å². The zero-order valence-electron chi connectivity index (χ0n) is 15.5. The number of fused-ring (bicyclic) bond motifs is 1. The van der Waals surface area contributed by atoms with Gasteiger partial charge in [-0.1, -0.05) is 29.5 Å². The SMILES string of the molecule is Cc1cc2nc(N(Cc3ccccn3)C(=O)c3ccccc3Br)sc2cc1C. The molecule has 0 atom stereocenters. The van der Waals surface area contributed by atoms with E-state index in [1.807, 2.05) is 42.5 Å². The molecular weight excluding hydrogens is 434 g/mol. The molecule has 0 bridgehead atoms. The molecule has 0 fully saturated rings. The molecule has 4 rings (SSSR count). The number of carbonyl (C=O) groups is 1. The van der Waals surface area contributed by atoms with Crippen LogP contribution in [-0.2, 0) is 6.54 Å². The van der Waals surface area contributed by atoms with Crippen LogP contribution in [0, 0.1) is 13.8 Å². The van der Waals surface area contributed by atoms with Crippen molar-refractivity contribution in [2.45, 2.75) is 20.4 Å². The molecule has 2 aromatic carbocycles. The fourth-order valence-corrected chi connectivity index (χ4v) is 4.44. The molecule has 0 saturated carbocycles. The Hall–Kier alpha value is -2.57. The number of hydrogen-bond donors (Lipinski definition) is 0. The van der Waals surface area contributed by atoms with E-state index in [1.54, 1.807) is 11.1 Å². The topological polar surface area (TPSA) is 46.1 Å². The highest BCUT2D eigenvalue weighted by atomic mass is 79.9. The second kappa shape index (κ2) is 7.81. The molecule has 2 aromatic heterocycles. The average Bonchev–Trinajstić information content (AvgIpc) is 3.09. The number of aryl methyl sites for hydroxylation is 2. The number of pyridine rings is 1. The molecule has 0 aliphatic carbocycles. The lowest BCUT2D eigenvalue weighted by atomic mass is 10.1. The first-order valence-corrected chi connectivity index (χ1v) is 10.5. The number of anilines is 1. The Morgan fingerprint density at radius 3 is 2.57 bits per heavy atom. The summed E-state index contributed by atoms with van der Waals surface area (Å²) < 4.78 is 1.84. The predicted molar refractivity (Wildman–Crippen MR) is 118 cm³/mol. The Balaban J connectivity index is 1.81. The van der Waals surface area contributed by atoms with E-state index in [-0.39, 0.29) is 5.91 Å². The molecule has 4 nitrogen and oxygen atoms in total. The van der Waals surface area contributed by atoms with Gasteiger partial charge in [-0.3, -0.25) is 14.7 Å². The summed E-state index contributed by atoms with van der Waals surface area (Å²) in [4.78, 5) is 24.3. The van der Waals surface area contributed by atoms with E-state index < -0.39 is 0 Å². The van der Waals surface area contributed by atoms with E-state index in [4.69, 9.17) is 4.98 Å². The van der Waals surface area contributed by atoms with Crippen molar-refractivity contribution in [1.82, 2.24) is 9.97 Å². The lowest BCUT2D eigenvalue weighted by Crippen LogP contribution is -2.31. The number of aromatic nitrogens is 2. The predicted octanol–water partition coefficient (Wildman–Crippen LogP) is 5.92. The van der Waals surface area contributed by atoms with E-state index in [9.17, 15) is 4.79 Å². The van der Waals surface area contributed by atoms with Crippen molar-refractivity contribution in [3.8, 4) is 0 Å². The molecule has 140 valence electrons. The minimum absolute atomic E-state index is 0.106. The minimum Gasteiger partial charge on any atom is -0.278 e. The number of hydrogen-bond acceptors (Lipinski definition) is 4. The van der Waals surface area contributed by atoms with Crippen LogP contribution in [0.3, 0.4) is 0 Å². The second-order valence-electron chi connectivity index (χ2n) is 6.59. The number of halogens is 1. The maximum atomic E-state index is 13.4. The third-order valence-corrected chi connectivity index (χ3v) is 6.35. The molecule has 0 saturated heterocycles. The van der Waals surface area contributed by atoms with Gasteiger partial charge in [0.05, 0.1) is 28.0 Å². The van der Waals surface area contributed by atoms with Crippen LogP contribution in [0.25, 0.3) is 10.2 Å². The van der Waals surface area contributed by atoms with Gasteiger partial charge in [-0.2, -0.15) is 0 Å². The Bertz CT molecular complexity index is 1120. The number of nitrogens with zero attached hydrogens (tertiary/aromatic N) is 3. The summed E-state index contributed by atoms with van der Waals surface area (Å²) >= 11 is 5.02. The van der Waals surface area contributed by atoms with Crippen LogP contribution >= 0.6 is 27.3 Å². The highest BCUT2D eigenvalue weighted by Crippen LogP contribution is 2.33. The van der Waals surface area contributed by atoms with Crippen molar-refractivity contribution in [3.05, 3.63) is 87.7 Å². The summed E-state index contributed by atoms with van der Waals surface area (Å²) in [6.45, 7) is 4.52. The molecule has 4 aromatic rings. The Morgan fingerprint density at radius 1 is 1.07 bits per heavy atom. The molecule has 0 aliphatic heterocycles. The Kier molecular flexibility index (Phi) is 5.24. The smallest absolute Gasteiger partial charge is 0.261 e. The number of benzene rings is 2. The van der Waals surface area contributed by atoms with Crippen molar-refractivity contribution < 1.29 is 4.79 Å². The third kappa shape index (κ3) is 3.70. The minimum atomic E-state index is -0.106. The van der Waals surface area contributed by atoms with Gasteiger partial charge < -0.3 is 0 Å². The maximum Gasteiger partial charge on any atom is 0.261 e. The molecule has 28 heavy (non-hydrogen) atoms. The summed E-state index contributed by atoms with van der Waals surface area (Å²) in [7, 11) is 0. The van der Waals surface area contributed by atoms with E-state index in [0.717, 1.165) is 20.4 Å². The van der Waals surface area contributed by atoms with E-state index in [0.29, 0.717) is 17.2 Å². The first-order valence-electron chi connectivity index (χ1n) is 8.87. The van der Waals surface area contributed by atoms with Gasteiger partial charge >= 0.3 is 0 Å². The van der Waals surface area contributed by atoms with Crippen molar-refractivity contribution >= 4 is 48.5 Å². The van der Waals surface area contributed by atoms with Gasteiger partial charge in [-0.15, -0.1) is 0 Å². The van der Waals surface area contributed by atoms with Gasteiger partial charge in [-0.05, 0) is 77.3 Å². The highest BCUT2D eigenvalue weighted by molar-refractivity contribution is 9.10. The van der Waals surface area contributed by atoms with Gasteiger partial charge in [0.2, 0.25) is 0 Å². The van der Waals surface area contributed by atoms with Crippen molar-refractivity contribution in [2.24, 2.45) is 0 Å². The van der Waals surface area contributed by atoms with Crippen LogP contribution in [0.2, 0.25) is 0 Å². The highest BCUT2D eigenvalue weighted by Gasteiger charge is 2.23. The lowest BCUT2D eigenvalue weighted by Gasteiger charge is -2.20. The van der Waals surface area contributed by atoms with Crippen LogP contribution in [-0.4, -0.2) is 15.9 Å². The molecule has 0 aliphatic rings. The van der Waals surface area contributed by atoms with Gasteiger partial charge in [0, 0.05) is 10.7 Å². The number of carbonyl (C=O) groups excluding carboxylic acids is 1. The number of amides is 1. The van der Waals surface area contributed by atoms with Crippen LogP contribution in [0.15, 0.2) is 65.3 Å². The first-order chi connectivity index (χ1) is 13.5. The molecule has 6 heteroatoms. The van der Waals surface area contributed by atoms with Crippen molar-refractivity contribution in [2.75, 3.05) is 4.90 Å². The summed E-state index contributed by atoms with van der Waals surface area (Å²) in [6, 6.07) is 17.4. The molecule has 0 unspecified atom stereocenters. The monoisotopic (exact) mass is 451 g/mol. The third-order valence-electron chi connectivity index (χ3n) is 4.62. The van der Waals surface area contributed by atoms with E-state index >= 15 is 0 Å². The normalized spacial score (nSPS) is 11.0. The Labute approximate surface area is 176 Å². The first kappa shape index (κ1) is 18.8. The summed E-state index contributed by atoms with van der Waals surface area (Å²) in [6.07, 6.45) is 1.74. The zero-order valence-corrected chi connectivity index (χ0v) is 17.9. The van der Waals surface area contributed by atoms with Gasteiger partial charge in [0.25, 0.3) is 5.91 Å². The van der Waals surface area contributed by atoms with Crippen molar-refractivity contribution in [1.29, 1.82) is 0 Å². The maximum absolute atomic E-state index is 13.4. The molecule has 0 spiro atoms. The number of rotatable bonds is 4. The summed E-state index contributed by atoms with van der Waals surface area (Å²) in [5.74, 6) is -0.106. The quantitative estimate of drug-likeness (QED) is 0.386. The molecule has 0 radical (unpaired) electrons. The fraction of sp³-hybridized carbons (Fsp3) is 0.136. The molecule has 1 amide bonds. The summed E-state index contributed by atoms with van der Waals surface area (Å²) in [5.41, 5.74) is 4.74. The van der Waals surface area contributed by atoms with Crippen LogP contribution in [0.1, 0.15) is 27.2 Å². The number of thiazole rings is 1. The van der Waals surface area contributed by atoms with E-state index in [1.165, 1.54) is 22.5 Å². The van der Waals surface area contributed by atoms with Gasteiger partial charge in [0.15, 0.2) is 5.13 Å². The standard InChI is InChI=1S/C22H18BrN3OS/c1-14-11-19-20(12-15(14)2)28-22(25-19)26(13-16-7-5-6-10-24-16)21(27)17-8-3-4-9-18(17)23/h3-12H,13H2,1-2H3. The lowest BCUT2D eigenvalue weighted by molar-refractivity contribution is 0.0984. The van der Waals surface area contributed by atoms with Gasteiger partial charge in [0.1, 0.15) is 0 Å². The largest absolute Gasteiger partial charge is 0.278 e. The molecule has 2 heterocycles.